The van der Waals surface area contributed by atoms with Crippen LogP contribution in [0, 0.1) is 0 Å². The van der Waals surface area contributed by atoms with Gasteiger partial charge in [-0.2, -0.15) is 0 Å². The molecule has 9 nitrogen and oxygen atoms in total. The molecule has 0 fully saturated rings. The van der Waals surface area contributed by atoms with Crippen LogP contribution in [-0.2, 0) is 41.2 Å². The van der Waals surface area contributed by atoms with Crippen LogP contribution in [0.2, 0.25) is 89.2 Å². The molecule has 0 bridgehead atoms. The first-order valence-corrected chi connectivity index (χ1v) is 37.7. The van der Waals surface area contributed by atoms with Gasteiger partial charge in [-0.1, -0.05) is 125 Å². The van der Waals surface area contributed by atoms with E-state index in [1.54, 1.807) is 0 Å². The van der Waals surface area contributed by atoms with Crippen molar-refractivity contribution in [2.24, 2.45) is 0 Å². The fraction of sp³-hybridized carbons (Fsp3) is 0.958. The minimum absolute atomic E-state index is 0.0534. The molecule has 370 valence electrons. The third kappa shape index (κ3) is 18.1. The van der Waals surface area contributed by atoms with Gasteiger partial charge in [0.15, 0.2) is 33.3 Å². The number of rotatable bonds is 25. The van der Waals surface area contributed by atoms with Gasteiger partial charge in [0.2, 0.25) is 8.32 Å². The Hall–Kier alpha value is -0.176. The van der Waals surface area contributed by atoms with Gasteiger partial charge in [-0.05, 0) is 115 Å². The van der Waals surface area contributed by atoms with Crippen LogP contribution in [0.1, 0.15) is 163 Å². The summed E-state index contributed by atoms with van der Waals surface area (Å²) in [6, 6.07) is 0. The van der Waals surface area contributed by atoms with E-state index in [4.69, 9.17) is 31.6 Å². The summed E-state index contributed by atoms with van der Waals surface area (Å²) in [5.41, 5.74) is 1.06. The van der Waals surface area contributed by atoms with Crippen molar-refractivity contribution in [3.05, 3.63) is 0 Å². The molecule has 0 aromatic rings. The highest BCUT2D eigenvalue weighted by Crippen LogP contribution is 2.47. The zero-order valence-corrected chi connectivity index (χ0v) is 51.0. The molecular weight excluding hydrogens is 861 g/mol. The highest BCUT2D eigenvalue weighted by atomic mass is 28.4. The number of carbonyl (C=O) groups is 2. The van der Waals surface area contributed by atoms with Crippen LogP contribution in [0.4, 0.5) is 0 Å². The minimum Gasteiger partial charge on any atom is -0.469 e. The minimum atomic E-state index is -2.47. The number of hydrogen-bond donors (Lipinski definition) is 0. The fourth-order valence-electron chi connectivity index (χ4n) is 7.71. The molecule has 0 spiro atoms. The van der Waals surface area contributed by atoms with Gasteiger partial charge in [0, 0.05) is 18.3 Å². The number of carbonyl (C=O) groups excluding carboxylic acids is 2. The molecule has 0 N–H and O–H groups in total. The molecule has 0 heterocycles. The Morgan fingerprint density at radius 1 is 0.371 bits per heavy atom. The van der Waals surface area contributed by atoms with Crippen molar-refractivity contribution in [3.63, 3.8) is 0 Å². The smallest absolute Gasteiger partial charge is 0.308 e. The van der Waals surface area contributed by atoms with Crippen LogP contribution in [0.3, 0.4) is 0 Å². The Morgan fingerprint density at radius 2 is 0.565 bits per heavy atom. The molecule has 1 unspecified atom stereocenters. The van der Waals surface area contributed by atoms with Crippen molar-refractivity contribution < 1.29 is 41.2 Å². The predicted molar refractivity (Wildman–Crippen MR) is 276 cm³/mol. The van der Waals surface area contributed by atoms with Crippen molar-refractivity contribution in [3.8, 4) is 0 Å². The van der Waals surface area contributed by atoms with Crippen molar-refractivity contribution in [1.82, 2.24) is 0 Å². The van der Waals surface area contributed by atoms with Crippen LogP contribution in [-0.4, -0.2) is 98.3 Å². The highest BCUT2D eigenvalue weighted by Gasteiger charge is 2.50. The van der Waals surface area contributed by atoms with Crippen molar-refractivity contribution in [1.29, 1.82) is 0 Å². The largest absolute Gasteiger partial charge is 0.469 e. The summed E-state index contributed by atoms with van der Waals surface area (Å²) in [5, 5.41) is -0.215. The molecule has 0 amide bonds. The van der Waals surface area contributed by atoms with E-state index in [1.807, 2.05) is 0 Å². The molecule has 0 aromatic heterocycles. The lowest BCUT2D eigenvalue weighted by Crippen LogP contribution is -2.53. The quantitative estimate of drug-likeness (QED) is 0.0654. The fourth-order valence-corrected chi connectivity index (χ4v) is 18.8. The summed E-state index contributed by atoms with van der Waals surface area (Å²) < 4.78 is 47.8. The van der Waals surface area contributed by atoms with Crippen LogP contribution in [0.5, 0.6) is 0 Å². The monoisotopic (exact) mass is 965 g/mol. The van der Waals surface area contributed by atoms with E-state index in [9.17, 15) is 9.59 Å². The molecule has 0 aliphatic rings. The van der Waals surface area contributed by atoms with E-state index < -0.39 is 41.6 Å². The van der Waals surface area contributed by atoms with Gasteiger partial charge in [-0.3, -0.25) is 9.59 Å². The first-order chi connectivity index (χ1) is 27.4. The van der Waals surface area contributed by atoms with Gasteiger partial charge in [0.05, 0.1) is 39.3 Å². The number of hydrogen-bond acceptors (Lipinski definition) is 9. The van der Waals surface area contributed by atoms with E-state index >= 15 is 0 Å². The van der Waals surface area contributed by atoms with Gasteiger partial charge >= 0.3 is 11.9 Å². The van der Waals surface area contributed by atoms with Crippen LogP contribution in [0.25, 0.3) is 0 Å². The zero-order chi connectivity index (χ0) is 49.5. The summed E-state index contributed by atoms with van der Waals surface area (Å²) in [4.78, 5) is 26.3. The van der Waals surface area contributed by atoms with Crippen molar-refractivity contribution in [2.75, 3.05) is 14.2 Å². The topological polar surface area (TPSA) is 98.8 Å². The van der Waals surface area contributed by atoms with Gasteiger partial charge < -0.3 is 31.6 Å². The van der Waals surface area contributed by atoms with E-state index in [-0.39, 0.29) is 75.5 Å². The summed E-state index contributed by atoms with van der Waals surface area (Å²) in [5.74, 6) is -0.556. The highest BCUT2D eigenvalue weighted by molar-refractivity contribution is 6.78. The summed E-state index contributed by atoms with van der Waals surface area (Å²) >= 11 is 0. The SMILES string of the molecule is COC(=O)C[C@H](C[C@@H](CC(C[C@@H](C[C@@H](CC(=O)OC)O[Si](C)(C)C(C)(C)C)O[Si](C)(C)C(C)(C)C)O[Si](C(C)C)(C(C)C)C(C)C)O[Si](C)(C)C(C)(C)C)O[Si](C)(C)C(C)(C)C. The lowest BCUT2D eigenvalue weighted by molar-refractivity contribution is -0.143. The number of esters is 2. The molecule has 0 aromatic carbocycles. The molecule has 0 rings (SSSR count). The molecule has 5 atom stereocenters. The van der Waals surface area contributed by atoms with Crippen molar-refractivity contribution in [2.45, 2.75) is 283 Å². The Morgan fingerprint density at radius 3 is 0.758 bits per heavy atom. The van der Waals surface area contributed by atoms with Crippen LogP contribution in [0.15, 0.2) is 0 Å². The molecule has 0 saturated carbocycles. The standard InChI is InChI=1S/C48H104O9Si5/c1-35(2)62(36(3)4,37(5)6)57-40(29-38(53-58(21,22)45(7,8)9)31-41(33-43(49)51-19)55-60(25,26)47(13,14)15)30-39(54-59(23,24)46(10,11)12)32-42(34-44(50)52-20)56-61(27,28)48(16,17)18/h35-42H,29-34H2,1-28H3/t38-,39+,40?,41-,42-/m0/s1. The molecule has 0 saturated heterocycles. The second kappa shape index (κ2) is 23.2. The van der Waals surface area contributed by atoms with Gasteiger partial charge in [0.25, 0.3) is 0 Å². The lowest BCUT2D eigenvalue weighted by Gasteiger charge is -2.48. The third-order valence-corrected chi connectivity index (χ3v) is 39.8. The van der Waals surface area contributed by atoms with Gasteiger partial charge in [-0.25, -0.2) is 0 Å². The molecular formula is C48H104O9Si5. The van der Waals surface area contributed by atoms with E-state index in [0.717, 1.165) is 0 Å². The van der Waals surface area contributed by atoms with Gasteiger partial charge in [-0.15, -0.1) is 0 Å². The average Bonchev–Trinajstić information content (AvgIpc) is 3.03. The average molecular weight is 966 g/mol. The van der Waals surface area contributed by atoms with Crippen LogP contribution < -0.4 is 0 Å². The third-order valence-electron chi connectivity index (χ3n) is 15.5. The van der Waals surface area contributed by atoms with E-state index in [2.05, 4.69) is 177 Å². The van der Waals surface area contributed by atoms with Crippen LogP contribution >= 0.6 is 0 Å². The molecule has 0 aliphatic carbocycles. The van der Waals surface area contributed by atoms with Gasteiger partial charge in [0.1, 0.15) is 0 Å². The van der Waals surface area contributed by atoms with Crippen molar-refractivity contribution >= 4 is 53.5 Å². The Labute approximate surface area is 390 Å². The number of ether oxygens (including phenoxy) is 2. The summed E-state index contributed by atoms with van der Waals surface area (Å²) in [6.07, 6.45) is 1.10. The predicted octanol–water partition coefficient (Wildman–Crippen LogP) is 14.8. The number of methoxy groups -OCH3 is 2. The Bertz CT molecular complexity index is 1260. The second-order valence-electron chi connectivity index (χ2n) is 25.6. The first-order valence-electron chi connectivity index (χ1n) is 24.0. The Balaban J connectivity index is 8.15. The molecule has 14 heteroatoms. The lowest BCUT2D eigenvalue weighted by atomic mass is 9.98. The molecule has 62 heavy (non-hydrogen) atoms. The first kappa shape index (κ1) is 61.8. The summed E-state index contributed by atoms with van der Waals surface area (Å²) in [7, 11) is -8.91. The maximum absolute atomic E-state index is 13.1. The zero-order valence-electron chi connectivity index (χ0n) is 46.0. The normalized spacial score (nSPS) is 17.0. The maximum atomic E-state index is 13.1. The van der Waals surface area contributed by atoms with E-state index in [1.165, 1.54) is 14.2 Å². The molecule has 0 radical (unpaired) electrons. The Kier molecular flexibility index (Phi) is 23.2. The summed E-state index contributed by atoms with van der Waals surface area (Å²) in [6.45, 7) is 59.4. The molecule has 0 aliphatic heterocycles. The maximum Gasteiger partial charge on any atom is 0.308 e. The second-order valence-corrected chi connectivity index (χ2v) is 50.0. The van der Waals surface area contributed by atoms with E-state index in [0.29, 0.717) is 42.3 Å².